The van der Waals surface area contributed by atoms with Crippen LogP contribution in [0.25, 0.3) is 11.5 Å². The number of nitrogens with zero attached hydrogens (tertiary/aromatic N) is 4. The van der Waals surface area contributed by atoms with Crippen molar-refractivity contribution in [3.63, 3.8) is 0 Å². The maximum absolute atomic E-state index is 12.4. The maximum Gasteiger partial charge on any atom is 0.317 e. The average molecular weight is 355 g/mol. The number of amides is 2. The first-order valence-corrected chi connectivity index (χ1v) is 9.47. The van der Waals surface area contributed by atoms with Crippen LogP contribution in [0.4, 0.5) is 4.79 Å². The third-order valence-electron chi connectivity index (χ3n) is 5.38. The van der Waals surface area contributed by atoms with Gasteiger partial charge in [-0.05, 0) is 44.2 Å². The van der Waals surface area contributed by atoms with Gasteiger partial charge in [-0.15, -0.1) is 0 Å². The van der Waals surface area contributed by atoms with E-state index in [1.165, 1.54) is 12.8 Å². The van der Waals surface area contributed by atoms with Crippen molar-refractivity contribution in [3.05, 3.63) is 30.4 Å². The van der Waals surface area contributed by atoms with Gasteiger partial charge in [-0.1, -0.05) is 18.0 Å². The van der Waals surface area contributed by atoms with Crippen LogP contribution in [0.3, 0.4) is 0 Å². The molecule has 0 radical (unpaired) electrons. The molecule has 4 rings (SSSR count). The molecule has 1 saturated heterocycles. The maximum atomic E-state index is 12.4. The van der Waals surface area contributed by atoms with Crippen molar-refractivity contribution in [1.29, 1.82) is 0 Å². The molecule has 1 atom stereocenters. The van der Waals surface area contributed by atoms with Crippen molar-refractivity contribution in [2.24, 2.45) is 5.92 Å². The van der Waals surface area contributed by atoms with Crippen LogP contribution in [0.1, 0.15) is 44.9 Å². The fourth-order valence-electron chi connectivity index (χ4n) is 3.93. The zero-order valence-electron chi connectivity index (χ0n) is 15.1. The zero-order chi connectivity index (χ0) is 18.0. The summed E-state index contributed by atoms with van der Waals surface area (Å²) in [7, 11) is 0. The number of aromatic nitrogens is 3. The molecule has 7 heteroatoms. The molecule has 1 aliphatic carbocycles. The second-order valence-electron chi connectivity index (χ2n) is 7.45. The minimum absolute atomic E-state index is 0.00310. The summed E-state index contributed by atoms with van der Waals surface area (Å²) in [6.07, 6.45) is 8.95. The van der Waals surface area contributed by atoms with Crippen LogP contribution in [0.5, 0.6) is 0 Å². The standard InChI is InChI=1S/C19H25N5O2/c1-2-21-18(25)24-10-4-8-19(13-24,11-14-6-7-14)17-22-16(26-23-17)15-5-3-9-20-12-15/h3,5,9,12,14H,2,4,6-8,10-11,13H2,1H3,(H,21,25). The number of rotatable bonds is 5. The van der Waals surface area contributed by atoms with Crippen LogP contribution >= 0.6 is 0 Å². The van der Waals surface area contributed by atoms with Gasteiger partial charge in [0.15, 0.2) is 5.82 Å². The van der Waals surface area contributed by atoms with Crippen LogP contribution in [0.2, 0.25) is 0 Å². The molecular formula is C19H25N5O2. The number of hydrogen-bond acceptors (Lipinski definition) is 5. The number of urea groups is 1. The second kappa shape index (κ2) is 7.05. The monoisotopic (exact) mass is 355 g/mol. The topological polar surface area (TPSA) is 84.2 Å². The van der Waals surface area contributed by atoms with Crippen molar-refractivity contribution in [3.8, 4) is 11.5 Å². The highest BCUT2D eigenvalue weighted by Crippen LogP contribution is 2.45. The summed E-state index contributed by atoms with van der Waals surface area (Å²) in [5.41, 5.74) is 0.610. The lowest BCUT2D eigenvalue weighted by molar-refractivity contribution is 0.135. The molecule has 138 valence electrons. The molecule has 1 N–H and O–H groups in total. The van der Waals surface area contributed by atoms with Crippen LogP contribution < -0.4 is 5.32 Å². The summed E-state index contributed by atoms with van der Waals surface area (Å²) in [5.74, 6) is 1.94. The Morgan fingerprint density at radius 3 is 3.08 bits per heavy atom. The van der Waals surface area contributed by atoms with Gasteiger partial charge in [0, 0.05) is 32.0 Å². The van der Waals surface area contributed by atoms with Gasteiger partial charge in [0.1, 0.15) is 0 Å². The van der Waals surface area contributed by atoms with Crippen molar-refractivity contribution in [2.45, 2.75) is 44.4 Å². The Morgan fingerprint density at radius 1 is 1.46 bits per heavy atom. The van der Waals surface area contributed by atoms with Gasteiger partial charge in [-0.25, -0.2) is 4.79 Å². The molecule has 26 heavy (non-hydrogen) atoms. The summed E-state index contributed by atoms with van der Waals surface area (Å²) in [4.78, 5) is 23.1. The first-order valence-electron chi connectivity index (χ1n) is 9.47. The highest BCUT2D eigenvalue weighted by molar-refractivity contribution is 5.74. The molecule has 2 aromatic heterocycles. The highest BCUT2D eigenvalue weighted by atomic mass is 16.5. The molecule has 1 unspecified atom stereocenters. The van der Waals surface area contributed by atoms with E-state index in [2.05, 4.69) is 15.5 Å². The number of hydrogen-bond donors (Lipinski definition) is 1. The molecule has 0 spiro atoms. The molecule has 1 aliphatic heterocycles. The van der Waals surface area contributed by atoms with E-state index >= 15 is 0 Å². The Bertz CT molecular complexity index is 758. The van der Waals surface area contributed by atoms with Crippen LogP contribution in [-0.2, 0) is 5.41 Å². The average Bonchev–Trinajstić information content (AvgIpc) is 3.33. The SMILES string of the molecule is CCNC(=O)N1CCCC(CC2CC2)(c2noc(-c3cccnc3)n2)C1. The fourth-order valence-corrected chi connectivity index (χ4v) is 3.93. The van der Waals surface area contributed by atoms with Crippen LogP contribution in [0.15, 0.2) is 29.0 Å². The van der Waals surface area contributed by atoms with E-state index < -0.39 is 0 Å². The van der Waals surface area contributed by atoms with E-state index in [9.17, 15) is 4.79 Å². The van der Waals surface area contributed by atoms with E-state index in [1.54, 1.807) is 12.4 Å². The first-order chi connectivity index (χ1) is 12.7. The summed E-state index contributed by atoms with van der Waals surface area (Å²) in [6, 6.07) is 3.78. The molecule has 0 aromatic carbocycles. The minimum atomic E-state index is -0.214. The fraction of sp³-hybridized carbons (Fsp3) is 0.579. The van der Waals surface area contributed by atoms with Gasteiger partial charge in [-0.2, -0.15) is 4.98 Å². The number of carbonyl (C=O) groups is 1. The molecule has 0 bridgehead atoms. The predicted octanol–water partition coefficient (Wildman–Crippen LogP) is 2.99. The number of likely N-dealkylation sites (tertiary alicyclic amines) is 1. The Labute approximate surface area is 153 Å². The third-order valence-corrected chi connectivity index (χ3v) is 5.38. The van der Waals surface area contributed by atoms with Gasteiger partial charge in [-0.3, -0.25) is 4.98 Å². The van der Waals surface area contributed by atoms with Crippen molar-refractivity contribution < 1.29 is 9.32 Å². The van der Waals surface area contributed by atoms with E-state index in [0.717, 1.165) is 37.2 Å². The van der Waals surface area contributed by atoms with Crippen molar-refractivity contribution in [1.82, 2.24) is 25.3 Å². The number of piperidine rings is 1. The van der Waals surface area contributed by atoms with E-state index in [4.69, 9.17) is 9.51 Å². The smallest absolute Gasteiger partial charge is 0.317 e. The van der Waals surface area contributed by atoms with Gasteiger partial charge in [0.2, 0.25) is 0 Å². The molecular weight excluding hydrogens is 330 g/mol. The van der Waals surface area contributed by atoms with Crippen molar-refractivity contribution >= 4 is 6.03 Å². The van der Waals surface area contributed by atoms with Gasteiger partial charge < -0.3 is 14.7 Å². The molecule has 1 saturated carbocycles. The Hall–Kier alpha value is -2.44. The van der Waals surface area contributed by atoms with E-state index in [1.807, 2.05) is 24.0 Å². The molecule has 3 heterocycles. The molecule has 2 aromatic rings. The summed E-state index contributed by atoms with van der Waals surface area (Å²) in [6.45, 7) is 4.02. The van der Waals surface area contributed by atoms with Crippen LogP contribution in [-0.4, -0.2) is 45.7 Å². The van der Waals surface area contributed by atoms with E-state index in [0.29, 0.717) is 24.9 Å². The molecule has 2 amide bonds. The summed E-state index contributed by atoms with van der Waals surface area (Å²) >= 11 is 0. The molecule has 7 nitrogen and oxygen atoms in total. The van der Waals surface area contributed by atoms with Gasteiger partial charge in [0.25, 0.3) is 5.89 Å². The largest absolute Gasteiger partial charge is 0.338 e. The lowest BCUT2D eigenvalue weighted by atomic mass is 9.75. The Morgan fingerprint density at radius 2 is 2.35 bits per heavy atom. The minimum Gasteiger partial charge on any atom is -0.338 e. The number of carbonyl (C=O) groups excluding carboxylic acids is 1. The Kier molecular flexibility index (Phi) is 4.61. The zero-order valence-corrected chi connectivity index (χ0v) is 15.1. The van der Waals surface area contributed by atoms with Crippen LogP contribution in [0, 0.1) is 5.92 Å². The molecule has 2 aliphatic rings. The lowest BCUT2D eigenvalue weighted by Crippen LogP contribution is -2.52. The van der Waals surface area contributed by atoms with Gasteiger partial charge >= 0.3 is 6.03 Å². The van der Waals surface area contributed by atoms with Crippen molar-refractivity contribution in [2.75, 3.05) is 19.6 Å². The second-order valence-corrected chi connectivity index (χ2v) is 7.45. The number of nitrogens with one attached hydrogen (secondary N) is 1. The summed E-state index contributed by atoms with van der Waals surface area (Å²) < 4.78 is 5.55. The first kappa shape index (κ1) is 17.0. The number of pyridine rings is 1. The lowest BCUT2D eigenvalue weighted by Gasteiger charge is -2.41. The molecule has 2 fully saturated rings. The Balaban J connectivity index is 1.62. The summed E-state index contributed by atoms with van der Waals surface area (Å²) in [5, 5.41) is 7.26. The normalized spacial score (nSPS) is 23.0. The quantitative estimate of drug-likeness (QED) is 0.891. The predicted molar refractivity (Wildman–Crippen MR) is 96.4 cm³/mol. The van der Waals surface area contributed by atoms with E-state index in [-0.39, 0.29) is 11.4 Å². The third kappa shape index (κ3) is 3.43. The highest BCUT2D eigenvalue weighted by Gasteiger charge is 2.45. The van der Waals surface area contributed by atoms with Gasteiger partial charge in [0.05, 0.1) is 11.0 Å².